The molecule has 1 atom stereocenters. The van der Waals surface area contributed by atoms with Crippen molar-refractivity contribution in [3.8, 4) is 0 Å². The average Bonchev–Trinajstić information content (AvgIpc) is 2.29. The Morgan fingerprint density at radius 1 is 1.41 bits per heavy atom. The number of likely N-dealkylation sites (N-methyl/N-ethyl adjacent to an activating group) is 1. The second-order valence-corrected chi connectivity index (χ2v) is 4.39. The molecule has 1 aromatic carbocycles. The predicted octanol–water partition coefficient (Wildman–Crippen LogP) is 2.19. The zero-order chi connectivity index (χ0) is 12.9. The van der Waals surface area contributed by atoms with Crippen LogP contribution in [-0.4, -0.2) is 35.6 Å². The Morgan fingerprint density at radius 3 is 2.41 bits per heavy atom. The summed E-state index contributed by atoms with van der Waals surface area (Å²) in [5.74, 6) is -0.814. The van der Waals surface area contributed by atoms with Crippen molar-refractivity contribution >= 4 is 5.97 Å². The van der Waals surface area contributed by atoms with Crippen LogP contribution in [0, 0.1) is 0 Å². The Morgan fingerprint density at radius 2 is 2.00 bits per heavy atom. The molecule has 0 saturated heterocycles. The number of carboxylic acids is 1. The Labute approximate surface area is 102 Å². The number of hydrogen-bond acceptors (Lipinski definition) is 2. The summed E-state index contributed by atoms with van der Waals surface area (Å²) >= 11 is 0. The maximum absolute atomic E-state index is 11.6. The number of aliphatic carboxylic acids is 1. The lowest BCUT2D eigenvalue weighted by molar-refractivity contribution is -0.149. The van der Waals surface area contributed by atoms with Crippen molar-refractivity contribution < 1.29 is 9.90 Å². The fourth-order valence-corrected chi connectivity index (χ4v) is 1.94. The van der Waals surface area contributed by atoms with Crippen molar-refractivity contribution in [2.45, 2.75) is 18.4 Å². The number of benzene rings is 1. The number of nitrogens with zero attached hydrogens (tertiary/aromatic N) is 1. The zero-order valence-electron chi connectivity index (χ0n) is 10.4. The zero-order valence-corrected chi connectivity index (χ0v) is 10.4. The number of carbonyl (C=O) groups is 1. The molecule has 0 aliphatic heterocycles. The van der Waals surface area contributed by atoms with E-state index in [1.54, 1.807) is 25.1 Å². The summed E-state index contributed by atoms with van der Waals surface area (Å²) in [7, 11) is 3.58. The van der Waals surface area contributed by atoms with E-state index in [1.165, 1.54) is 0 Å². The monoisotopic (exact) mass is 233 g/mol. The van der Waals surface area contributed by atoms with Crippen molar-refractivity contribution in [1.29, 1.82) is 0 Å². The molecule has 1 N–H and O–H groups in total. The van der Waals surface area contributed by atoms with Crippen molar-refractivity contribution in [2.75, 3.05) is 14.1 Å². The highest BCUT2D eigenvalue weighted by Crippen LogP contribution is 2.24. The van der Waals surface area contributed by atoms with Crippen LogP contribution in [0.1, 0.15) is 12.0 Å². The van der Waals surface area contributed by atoms with Gasteiger partial charge in [0.2, 0.25) is 0 Å². The third kappa shape index (κ3) is 2.94. The smallest absolute Gasteiger partial charge is 0.324 e. The predicted molar refractivity (Wildman–Crippen MR) is 69.0 cm³/mol. The van der Waals surface area contributed by atoms with Gasteiger partial charge in [-0.1, -0.05) is 36.4 Å². The van der Waals surface area contributed by atoms with E-state index in [0.29, 0.717) is 12.8 Å². The van der Waals surface area contributed by atoms with E-state index >= 15 is 0 Å². The Hall–Kier alpha value is -1.61. The molecule has 1 rings (SSSR count). The molecule has 0 bridgehead atoms. The summed E-state index contributed by atoms with van der Waals surface area (Å²) in [6.45, 7) is 3.66. The van der Waals surface area contributed by atoms with E-state index in [0.717, 1.165) is 5.56 Å². The molecule has 3 nitrogen and oxygen atoms in total. The summed E-state index contributed by atoms with van der Waals surface area (Å²) in [5.41, 5.74) is 0.105. The lowest BCUT2D eigenvalue weighted by atomic mass is 9.86. The molecule has 0 aromatic heterocycles. The van der Waals surface area contributed by atoms with E-state index in [4.69, 9.17) is 0 Å². The van der Waals surface area contributed by atoms with Crippen LogP contribution in [0.5, 0.6) is 0 Å². The molecule has 0 fully saturated rings. The molecular weight excluding hydrogens is 214 g/mol. The molecule has 3 heteroatoms. The molecule has 0 heterocycles. The third-order valence-electron chi connectivity index (χ3n) is 3.08. The van der Waals surface area contributed by atoms with Gasteiger partial charge in [-0.25, -0.2) is 0 Å². The van der Waals surface area contributed by atoms with Crippen LogP contribution < -0.4 is 0 Å². The van der Waals surface area contributed by atoms with E-state index in [2.05, 4.69) is 6.58 Å². The molecule has 0 unspecified atom stereocenters. The largest absolute Gasteiger partial charge is 0.480 e. The van der Waals surface area contributed by atoms with Crippen LogP contribution in [0.2, 0.25) is 0 Å². The van der Waals surface area contributed by atoms with Crippen molar-refractivity contribution in [3.05, 3.63) is 48.6 Å². The van der Waals surface area contributed by atoms with Crippen LogP contribution in [0.3, 0.4) is 0 Å². The van der Waals surface area contributed by atoms with Crippen LogP contribution in [0.15, 0.2) is 43.0 Å². The Balaban J connectivity index is 3.05. The highest BCUT2D eigenvalue weighted by atomic mass is 16.4. The topological polar surface area (TPSA) is 40.5 Å². The first kappa shape index (κ1) is 13.5. The highest BCUT2D eigenvalue weighted by Gasteiger charge is 2.39. The van der Waals surface area contributed by atoms with E-state index in [-0.39, 0.29) is 0 Å². The van der Waals surface area contributed by atoms with Crippen molar-refractivity contribution in [3.63, 3.8) is 0 Å². The van der Waals surface area contributed by atoms with E-state index in [1.807, 2.05) is 30.3 Å². The molecular formula is C14H19NO2. The average molecular weight is 233 g/mol. The molecule has 92 valence electrons. The van der Waals surface area contributed by atoms with Crippen LogP contribution in [0.25, 0.3) is 0 Å². The number of hydrogen-bond donors (Lipinski definition) is 1. The molecule has 0 spiro atoms. The SMILES string of the molecule is C=CC[C@@](Cc1ccccc1)(C(=O)O)N(C)C. The van der Waals surface area contributed by atoms with Gasteiger partial charge in [0.25, 0.3) is 0 Å². The lowest BCUT2D eigenvalue weighted by Gasteiger charge is -2.35. The minimum absolute atomic E-state index is 0.421. The van der Waals surface area contributed by atoms with Crippen molar-refractivity contribution in [1.82, 2.24) is 4.90 Å². The van der Waals surface area contributed by atoms with Crippen LogP contribution >= 0.6 is 0 Å². The third-order valence-corrected chi connectivity index (χ3v) is 3.08. The van der Waals surface area contributed by atoms with Gasteiger partial charge in [0.1, 0.15) is 5.54 Å². The Bertz CT molecular complexity index is 386. The number of carboxylic acid groups (broad SMARTS) is 1. The quantitative estimate of drug-likeness (QED) is 0.766. The first-order valence-corrected chi connectivity index (χ1v) is 5.58. The van der Waals surface area contributed by atoms with Gasteiger partial charge in [0.15, 0.2) is 0 Å². The van der Waals surface area contributed by atoms with Gasteiger partial charge in [0.05, 0.1) is 0 Å². The molecule has 0 radical (unpaired) electrons. The van der Waals surface area contributed by atoms with Gasteiger partial charge in [-0.15, -0.1) is 6.58 Å². The Kier molecular flexibility index (Phi) is 4.46. The molecule has 0 amide bonds. The van der Waals surface area contributed by atoms with E-state index in [9.17, 15) is 9.90 Å². The molecule has 0 aliphatic rings. The molecule has 0 aliphatic carbocycles. The second-order valence-electron chi connectivity index (χ2n) is 4.39. The normalized spacial score (nSPS) is 14.3. The van der Waals surface area contributed by atoms with Gasteiger partial charge in [-0.2, -0.15) is 0 Å². The summed E-state index contributed by atoms with van der Waals surface area (Å²) in [5, 5.41) is 9.50. The van der Waals surface area contributed by atoms with Gasteiger partial charge < -0.3 is 5.11 Å². The molecule has 0 saturated carbocycles. The highest BCUT2D eigenvalue weighted by molar-refractivity contribution is 5.79. The molecule has 1 aromatic rings. The van der Waals surface area contributed by atoms with Crippen LogP contribution in [-0.2, 0) is 11.2 Å². The minimum Gasteiger partial charge on any atom is -0.480 e. The first-order chi connectivity index (χ1) is 8.03. The fourth-order valence-electron chi connectivity index (χ4n) is 1.94. The van der Waals surface area contributed by atoms with Gasteiger partial charge in [-0.3, -0.25) is 9.69 Å². The minimum atomic E-state index is -0.914. The summed E-state index contributed by atoms with van der Waals surface area (Å²) < 4.78 is 0. The maximum atomic E-state index is 11.6. The van der Waals surface area contributed by atoms with E-state index < -0.39 is 11.5 Å². The van der Waals surface area contributed by atoms with Gasteiger partial charge in [-0.05, 0) is 26.1 Å². The first-order valence-electron chi connectivity index (χ1n) is 5.58. The summed E-state index contributed by atoms with van der Waals surface area (Å²) in [6.07, 6.45) is 2.56. The maximum Gasteiger partial charge on any atom is 0.324 e. The number of rotatable bonds is 6. The fraction of sp³-hybridized carbons (Fsp3) is 0.357. The van der Waals surface area contributed by atoms with Gasteiger partial charge >= 0.3 is 5.97 Å². The van der Waals surface area contributed by atoms with Crippen LogP contribution in [0.4, 0.5) is 0 Å². The lowest BCUT2D eigenvalue weighted by Crippen LogP contribution is -2.52. The van der Waals surface area contributed by atoms with Gasteiger partial charge in [0, 0.05) is 6.42 Å². The summed E-state index contributed by atoms with van der Waals surface area (Å²) in [4.78, 5) is 13.3. The second kappa shape index (κ2) is 5.64. The van der Waals surface area contributed by atoms with Crippen molar-refractivity contribution in [2.24, 2.45) is 0 Å². The standard InChI is InChI=1S/C14H19NO2/c1-4-10-14(13(16)17,15(2)3)11-12-8-6-5-7-9-12/h4-9H,1,10-11H2,2-3H3,(H,16,17)/t14-/m1/s1. The summed E-state index contributed by atoms with van der Waals surface area (Å²) in [6, 6.07) is 9.67. The molecule has 17 heavy (non-hydrogen) atoms.